The zero-order valence-corrected chi connectivity index (χ0v) is 15.7. The second-order valence-electron chi connectivity index (χ2n) is 6.00. The van der Waals surface area contributed by atoms with E-state index in [0.29, 0.717) is 13.0 Å². The number of nitrogens with zero attached hydrogens (tertiary/aromatic N) is 1. The highest BCUT2D eigenvalue weighted by molar-refractivity contribution is 5.81. The van der Waals surface area contributed by atoms with Gasteiger partial charge >= 0.3 is 0 Å². The van der Waals surface area contributed by atoms with Crippen LogP contribution in [0.2, 0.25) is 0 Å². The molecule has 2 rings (SSSR count). The van der Waals surface area contributed by atoms with E-state index in [0.717, 1.165) is 18.7 Å². The highest BCUT2D eigenvalue weighted by atomic mass is 19.1. The largest absolute Gasteiger partial charge is 0.478 e. The van der Waals surface area contributed by atoms with Gasteiger partial charge in [-0.3, -0.25) is 4.79 Å². The van der Waals surface area contributed by atoms with Crippen molar-refractivity contribution in [3.63, 3.8) is 0 Å². The van der Waals surface area contributed by atoms with Crippen molar-refractivity contribution in [3.8, 4) is 5.75 Å². The fraction of sp³-hybridized carbons (Fsp3) is 0.381. The van der Waals surface area contributed by atoms with Gasteiger partial charge in [0.2, 0.25) is 0 Å². The lowest BCUT2D eigenvalue weighted by Crippen LogP contribution is -2.37. The molecule has 0 heterocycles. The Bertz CT molecular complexity index is 699. The van der Waals surface area contributed by atoms with Gasteiger partial charge in [-0.1, -0.05) is 31.2 Å². The van der Waals surface area contributed by atoms with Crippen LogP contribution in [0.5, 0.6) is 5.75 Å². The SMILES string of the molecule is CC[C@@H](Oc1ccccc1F)C(=O)NCc1ccc(N(CC)CC)cc1. The zero-order chi connectivity index (χ0) is 18.9. The van der Waals surface area contributed by atoms with E-state index in [2.05, 4.69) is 36.2 Å². The van der Waals surface area contributed by atoms with E-state index in [4.69, 9.17) is 4.74 Å². The van der Waals surface area contributed by atoms with Gasteiger partial charge in [0, 0.05) is 25.3 Å². The quantitative estimate of drug-likeness (QED) is 0.732. The predicted octanol–water partition coefficient (Wildman–Crippen LogP) is 4.15. The third-order valence-corrected chi connectivity index (χ3v) is 4.30. The average Bonchev–Trinajstić information content (AvgIpc) is 2.67. The van der Waals surface area contributed by atoms with Crippen LogP contribution in [0, 0.1) is 5.82 Å². The van der Waals surface area contributed by atoms with Crippen LogP contribution >= 0.6 is 0 Å². The Morgan fingerprint density at radius 2 is 1.73 bits per heavy atom. The first-order valence-corrected chi connectivity index (χ1v) is 9.11. The summed E-state index contributed by atoms with van der Waals surface area (Å²) in [4.78, 5) is 14.6. The van der Waals surface area contributed by atoms with E-state index >= 15 is 0 Å². The summed E-state index contributed by atoms with van der Waals surface area (Å²) in [7, 11) is 0. The molecule has 0 aliphatic heterocycles. The molecule has 5 heteroatoms. The lowest BCUT2D eigenvalue weighted by molar-refractivity contribution is -0.128. The summed E-state index contributed by atoms with van der Waals surface area (Å²) in [5.74, 6) is -0.618. The van der Waals surface area contributed by atoms with Gasteiger partial charge in [-0.05, 0) is 50.1 Å². The lowest BCUT2D eigenvalue weighted by atomic mass is 10.2. The number of nitrogens with one attached hydrogen (secondary N) is 1. The van der Waals surface area contributed by atoms with Gasteiger partial charge in [0.1, 0.15) is 0 Å². The number of ether oxygens (including phenoxy) is 1. The highest BCUT2D eigenvalue weighted by Gasteiger charge is 2.19. The van der Waals surface area contributed by atoms with Gasteiger partial charge in [0.15, 0.2) is 17.7 Å². The van der Waals surface area contributed by atoms with Crippen molar-refractivity contribution in [2.75, 3.05) is 18.0 Å². The predicted molar refractivity (Wildman–Crippen MR) is 103 cm³/mol. The molecule has 1 N–H and O–H groups in total. The van der Waals surface area contributed by atoms with E-state index in [1.54, 1.807) is 12.1 Å². The van der Waals surface area contributed by atoms with Crippen LogP contribution in [-0.2, 0) is 11.3 Å². The molecule has 0 bridgehead atoms. The molecule has 0 unspecified atom stereocenters. The molecule has 0 saturated heterocycles. The van der Waals surface area contributed by atoms with Crippen molar-refractivity contribution >= 4 is 11.6 Å². The molecular formula is C21H27FN2O2. The summed E-state index contributed by atoms with van der Waals surface area (Å²) >= 11 is 0. The normalized spacial score (nSPS) is 11.7. The second kappa shape index (κ2) is 9.80. The van der Waals surface area contributed by atoms with Crippen molar-refractivity contribution < 1.29 is 13.9 Å². The molecule has 0 saturated carbocycles. The van der Waals surface area contributed by atoms with Gasteiger partial charge in [0.05, 0.1) is 0 Å². The van der Waals surface area contributed by atoms with E-state index in [-0.39, 0.29) is 11.7 Å². The Kier molecular flexibility index (Phi) is 7.45. The fourth-order valence-corrected chi connectivity index (χ4v) is 2.73. The molecule has 0 fully saturated rings. The van der Waals surface area contributed by atoms with Crippen LogP contribution < -0.4 is 15.0 Å². The maximum atomic E-state index is 13.7. The van der Waals surface area contributed by atoms with Gasteiger partial charge < -0.3 is 15.0 Å². The number of benzene rings is 2. The number of amides is 1. The van der Waals surface area contributed by atoms with E-state index in [9.17, 15) is 9.18 Å². The Hall–Kier alpha value is -2.56. The molecule has 0 aliphatic rings. The standard InChI is InChI=1S/C21H27FN2O2/c1-4-19(26-20-10-8-7-9-18(20)22)21(25)23-15-16-11-13-17(14-12-16)24(5-2)6-3/h7-14,19H,4-6,15H2,1-3H3,(H,23,25)/t19-/m1/s1. The smallest absolute Gasteiger partial charge is 0.261 e. The molecule has 2 aromatic rings. The number of rotatable bonds is 9. The molecule has 0 spiro atoms. The summed E-state index contributed by atoms with van der Waals surface area (Å²) < 4.78 is 19.2. The average molecular weight is 358 g/mol. The van der Waals surface area contributed by atoms with Gasteiger partial charge in [-0.15, -0.1) is 0 Å². The van der Waals surface area contributed by atoms with Crippen LogP contribution in [-0.4, -0.2) is 25.1 Å². The molecule has 1 atom stereocenters. The Morgan fingerprint density at radius 1 is 1.08 bits per heavy atom. The Balaban J connectivity index is 1.93. The first-order chi connectivity index (χ1) is 12.6. The van der Waals surface area contributed by atoms with Crippen LogP contribution in [0.1, 0.15) is 32.8 Å². The fourth-order valence-electron chi connectivity index (χ4n) is 2.73. The van der Waals surface area contributed by atoms with Crippen molar-refractivity contribution in [2.24, 2.45) is 0 Å². The maximum Gasteiger partial charge on any atom is 0.261 e. The van der Waals surface area contributed by atoms with Gasteiger partial charge in [0.25, 0.3) is 5.91 Å². The van der Waals surface area contributed by atoms with Crippen LogP contribution in [0.4, 0.5) is 10.1 Å². The van der Waals surface area contributed by atoms with Crippen molar-refractivity contribution in [3.05, 3.63) is 59.9 Å². The maximum absolute atomic E-state index is 13.7. The first-order valence-electron chi connectivity index (χ1n) is 9.11. The third-order valence-electron chi connectivity index (χ3n) is 4.30. The third kappa shape index (κ3) is 5.22. The minimum atomic E-state index is -0.721. The van der Waals surface area contributed by atoms with Crippen LogP contribution in [0.15, 0.2) is 48.5 Å². The van der Waals surface area contributed by atoms with E-state index < -0.39 is 11.9 Å². The molecule has 2 aromatic carbocycles. The molecule has 0 radical (unpaired) electrons. The Morgan fingerprint density at radius 3 is 2.31 bits per heavy atom. The van der Waals surface area contributed by atoms with E-state index in [1.165, 1.54) is 17.8 Å². The summed E-state index contributed by atoms with van der Waals surface area (Å²) in [6, 6.07) is 14.2. The number of carbonyl (C=O) groups is 1. The zero-order valence-electron chi connectivity index (χ0n) is 15.7. The topological polar surface area (TPSA) is 41.6 Å². The molecule has 140 valence electrons. The first kappa shape index (κ1) is 19.8. The number of halogens is 1. The van der Waals surface area contributed by atoms with Gasteiger partial charge in [-0.2, -0.15) is 0 Å². The van der Waals surface area contributed by atoms with E-state index in [1.807, 2.05) is 19.1 Å². The number of hydrogen-bond donors (Lipinski definition) is 1. The molecule has 0 aromatic heterocycles. The summed E-state index contributed by atoms with van der Waals surface area (Å²) in [5, 5.41) is 2.87. The van der Waals surface area contributed by atoms with Crippen LogP contribution in [0.3, 0.4) is 0 Å². The minimum absolute atomic E-state index is 0.0954. The van der Waals surface area contributed by atoms with Gasteiger partial charge in [-0.25, -0.2) is 4.39 Å². The van der Waals surface area contributed by atoms with Crippen molar-refractivity contribution in [2.45, 2.75) is 39.8 Å². The minimum Gasteiger partial charge on any atom is -0.478 e. The number of hydrogen-bond acceptors (Lipinski definition) is 3. The second-order valence-corrected chi connectivity index (χ2v) is 6.00. The summed E-state index contributed by atoms with van der Waals surface area (Å²) in [5.41, 5.74) is 2.18. The van der Waals surface area contributed by atoms with Crippen molar-refractivity contribution in [1.82, 2.24) is 5.32 Å². The lowest BCUT2D eigenvalue weighted by Gasteiger charge is -2.21. The number of anilines is 1. The summed E-state index contributed by atoms with van der Waals surface area (Å²) in [6.45, 7) is 8.41. The molecule has 26 heavy (non-hydrogen) atoms. The Labute approximate surface area is 155 Å². The molecule has 0 aliphatic carbocycles. The highest BCUT2D eigenvalue weighted by Crippen LogP contribution is 2.18. The monoisotopic (exact) mass is 358 g/mol. The van der Waals surface area contributed by atoms with Crippen molar-refractivity contribution in [1.29, 1.82) is 0 Å². The molecular weight excluding hydrogens is 331 g/mol. The summed E-state index contributed by atoms with van der Waals surface area (Å²) in [6.07, 6.45) is -0.261. The van der Waals surface area contributed by atoms with Crippen LogP contribution in [0.25, 0.3) is 0 Å². The number of para-hydroxylation sites is 1. The molecule has 4 nitrogen and oxygen atoms in total. The number of carbonyl (C=O) groups excluding carboxylic acids is 1. The molecule has 1 amide bonds.